The zero-order valence-corrected chi connectivity index (χ0v) is 13.9. The fourth-order valence-electron chi connectivity index (χ4n) is 2.20. The Morgan fingerprint density at radius 3 is 1.96 bits per heavy atom. The van der Waals surface area contributed by atoms with Gasteiger partial charge in [-0.05, 0) is 42.5 Å². The van der Waals surface area contributed by atoms with Gasteiger partial charge in [0.25, 0.3) is 0 Å². The van der Waals surface area contributed by atoms with E-state index in [0.717, 1.165) is 10.4 Å². The lowest BCUT2D eigenvalue weighted by Gasteiger charge is -2.03. The van der Waals surface area contributed by atoms with Crippen LogP contribution in [0.15, 0.2) is 42.5 Å². The highest BCUT2D eigenvalue weighted by atomic mass is 35.5. The van der Waals surface area contributed by atoms with Crippen molar-refractivity contribution in [3.05, 3.63) is 58.1 Å². The maximum absolute atomic E-state index is 9.47. The molecule has 0 atom stereocenters. The summed E-state index contributed by atoms with van der Waals surface area (Å²) in [6.45, 7) is 0. The van der Waals surface area contributed by atoms with Crippen LogP contribution in [0.4, 0.5) is 0 Å². The molecule has 114 valence electrons. The van der Waals surface area contributed by atoms with Crippen LogP contribution in [-0.2, 0) is 0 Å². The first-order valence-corrected chi connectivity index (χ1v) is 8.08. The predicted octanol–water partition coefficient (Wildman–Crippen LogP) is 5.67. The third-order valence-electron chi connectivity index (χ3n) is 3.27. The number of halogens is 2. The van der Waals surface area contributed by atoms with Crippen molar-refractivity contribution in [3.63, 3.8) is 0 Å². The fraction of sp³-hybridized carbons (Fsp3) is 0. The average Bonchev–Trinajstić information content (AvgIpc) is 2.91. The number of hydrogen-bond acceptors (Lipinski definition) is 4. The van der Waals surface area contributed by atoms with Crippen molar-refractivity contribution in [1.29, 1.82) is 5.26 Å². The van der Waals surface area contributed by atoms with Crippen molar-refractivity contribution in [3.8, 4) is 38.4 Å². The summed E-state index contributed by atoms with van der Waals surface area (Å²) in [5, 5.41) is 29.1. The van der Waals surface area contributed by atoms with Crippen molar-refractivity contribution in [2.75, 3.05) is 0 Å². The van der Waals surface area contributed by atoms with Crippen LogP contribution in [0.3, 0.4) is 0 Å². The van der Waals surface area contributed by atoms with E-state index in [0.29, 0.717) is 26.0 Å². The van der Waals surface area contributed by atoms with Crippen molar-refractivity contribution >= 4 is 34.5 Å². The Morgan fingerprint density at radius 2 is 1.43 bits per heavy atom. The molecule has 0 aliphatic heterocycles. The lowest BCUT2D eigenvalue weighted by molar-refractivity contribution is 0.475. The van der Waals surface area contributed by atoms with E-state index in [1.54, 1.807) is 24.3 Å². The molecular weight excluding hydrogens is 353 g/mol. The number of benzene rings is 2. The van der Waals surface area contributed by atoms with Gasteiger partial charge in [0.05, 0.1) is 20.5 Å². The van der Waals surface area contributed by atoms with E-state index in [4.69, 9.17) is 23.2 Å². The first-order chi connectivity index (χ1) is 11.0. The summed E-state index contributed by atoms with van der Waals surface area (Å²) in [6.07, 6.45) is 0. The number of nitriles is 1. The number of aromatic hydroxyl groups is 2. The summed E-state index contributed by atoms with van der Waals surface area (Å²) in [7, 11) is 0. The van der Waals surface area contributed by atoms with E-state index in [1.807, 2.05) is 0 Å². The van der Waals surface area contributed by atoms with Crippen LogP contribution in [0.1, 0.15) is 5.56 Å². The van der Waals surface area contributed by atoms with Crippen LogP contribution in [0.5, 0.6) is 11.5 Å². The van der Waals surface area contributed by atoms with E-state index in [-0.39, 0.29) is 11.5 Å². The molecule has 23 heavy (non-hydrogen) atoms. The van der Waals surface area contributed by atoms with Crippen molar-refractivity contribution in [1.82, 2.24) is 0 Å². The Kier molecular flexibility index (Phi) is 4.18. The maximum Gasteiger partial charge on any atom is 0.117 e. The lowest BCUT2D eigenvalue weighted by Crippen LogP contribution is -1.78. The molecule has 1 heterocycles. The van der Waals surface area contributed by atoms with Gasteiger partial charge >= 0.3 is 0 Å². The summed E-state index contributed by atoms with van der Waals surface area (Å²) in [5.41, 5.74) is 1.88. The summed E-state index contributed by atoms with van der Waals surface area (Å²) in [5.74, 6) is 0.147. The van der Waals surface area contributed by atoms with Crippen LogP contribution in [0, 0.1) is 11.3 Å². The fourth-order valence-corrected chi connectivity index (χ4v) is 4.04. The van der Waals surface area contributed by atoms with Crippen LogP contribution in [0.2, 0.25) is 10.0 Å². The largest absolute Gasteiger partial charge is 0.508 e. The predicted molar refractivity (Wildman–Crippen MR) is 93.3 cm³/mol. The molecular formula is C17H9Cl2NO2S. The molecule has 2 aromatic carbocycles. The number of phenols is 2. The molecule has 0 fully saturated rings. The van der Waals surface area contributed by atoms with E-state index < -0.39 is 0 Å². The van der Waals surface area contributed by atoms with Gasteiger partial charge in [0.2, 0.25) is 0 Å². The van der Waals surface area contributed by atoms with E-state index in [9.17, 15) is 15.5 Å². The van der Waals surface area contributed by atoms with Gasteiger partial charge in [-0.3, -0.25) is 0 Å². The molecule has 0 radical (unpaired) electrons. The molecule has 3 rings (SSSR count). The second-order valence-electron chi connectivity index (χ2n) is 4.79. The molecule has 1 aromatic heterocycles. The van der Waals surface area contributed by atoms with Crippen LogP contribution in [0.25, 0.3) is 20.9 Å². The van der Waals surface area contributed by atoms with Crippen LogP contribution in [-0.4, -0.2) is 10.2 Å². The Bertz CT molecular complexity index is 944. The Hall–Kier alpha value is -2.19. The molecule has 3 aromatic rings. The van der Waals surface area contributed by atoms with Gasteiger partial charge in [0.15, 0.2) is 0 Å². The first-order valence-electron chi connectivity index (χ1n) is 6.51. The topological polar surface area (TPSA) is 64.2 Å². The van der Waals surface area contributed by atoms with E-state index in [2.05, 4.69) is 6.07 Å². The average molecular weight is 362 g/mol. The van der Waals surface area contributed by atoms with Crippen LogP contribution < -0.4 is 0 Å². The van der Waals surface area contributed by atoms with Gasteiger partial charge in [-0.1, -0.05) is 23.2 Å². The highest BCUT2D eigenvalue weighted by Gasteiger charge is 2.16. The monoisotopic (exact) mass is 361 g/mol. The Morgan fingerprint density at radius 1 is 0.870 bits per heavy atom. The number of phenolic OH excluding ortho intramolecular Hbond substituents is 2. The molecule has 2 N–H and O–H groups in total. The summed E-state index contributed by atoms with van der Waals surface area (Å²) in [4.78, 5) is 1.50. The van der Waals surface area contributed by atoms with Gasteiger partial charge in [-0.2, -0.15) is 5.26 Å². The molecule has 0 spiro atoms. The zero-order chi connectivity index (χ0) is 16.6. The number of hydrogen-bond donors (Lipinski definition) is 2. The smallest absolute Gasteiger partial charge is 0.117 e. The SMILES string of the molecule is N#Cc1cc(-c2ccc(O)cc2Cl)sc1-c1ccc(O)cc1Cl. The van der Waals surface area contributed by atoms with E-state index in [1.165, 1.54) is 29.5 Å². The molecule has 0 saturated carbocycles. The van der Waals surface area contributed by atoms with Gasteiger partial charge in [-0.15, -0.1) is 11.3 Å². The summed E-state index contributed by atoms with van der Waals surface area (Å²) >= 11 is 13.7. The van der Waals surface area contributed by atoms with Crippen LogP contribution >= 0.6 is 34.5 Å². The van der Waals surface area contributed by atoms with Gasteiger partial charge in [0.1, 0.15) is 17.6 Å². The van der Waals surface area contributed by atoms with E-state index >= 15 is 0 Å². The number of rotatable bonds is 2. The number of thiophene rings is 1. The first kappa shape index (κ1) is 15.7. The molecule has 0 amide bonds. The molecule has 0 unspecified atom stereocenters. The third-order valence-corrected chi connectivity index (χ3v) is 5.09. The van der Waals surface area contributed by atoms with Crippen molar-refractivity contribution in [2.45, 2.75) is 0 Å². The van der Waals surface area contributed by atoms with Crippen molar-refractivity contribution in [2.24, 2.45) is 0 Å². The molecule has 0 saturated heterocycles. The highest BCUT2D eigenvalue weighted by molar-refractivity contribution is 7.19. The molecule has 0 bridgehead atoms. The quantitative estimate of drug-likeness (QED) is 0.617. The minimum atomic E-state index is 0.0654. The second kappa shape index (κ2) is 6.13. The summed E-state index contributed by atoms with van der Waals surface area (Å²) < 4.78 is 0. The molecule has 0 aliphatic rings. The molecule has 6 heteroatoms. The third kappa shape index (κ3) is 2.99. The standard InChI is InChI=1S/C17H9Cl2NO2S/c18-14-6-10(21)1-3-12(14)16-5-9(8-20)17(23-16)13-4-2-11(22)7-15(13)19/h1-7,21-22H. The van der Waals surface area contributed by atoms with Gasteiger partial charge in [-0.25, -0.2) is 0 Å². The Labute approximate surface area is 146 Å². The molecule has 0 aliphatic carbocycles. The highest BCUT2D eigenvalue weighted by Crippen LogP contribution is 2.43. The normalized spacial score (nSPS) is 10.5. The maximum atomic E-state index is 9.47. The van der Waals surface area contributed by atoms with Crippen molar-refractivity contribution < 1.29 is 10.2 Å². The minimum absolute atomic E-state index is 0.0654. The van der Waals surface area contributed by atoms with Gasteiger partial charge in [0, 0.05) is 16.0 Å². The zero-order valence-electron chi connectivity index (χ0n) is 11.5. The number of nitrogens with zero attached hydrogens (tertiary/aromatic N) is 1. The Balaban J connectivity index is 2.17. The minimum Gasteiger partial charge on any atom is -0.508 e. The second-order valence-corrected chi connectivity index (χ2v) is 6.66. The summed E-state index contributed by atoms with van der Waals surface area (Å²) in [6, 6.07) is 13.2. The molecule has 3 nitrogen and oxygen atoms in total. The lowest BCUT2D eigenvalue weighted by atomic mass is 10.1. The van der Waals surface area contributed by atoms with Gasteiger partial charge < -0.3 is 10.2 Å².